The van der Waals surface area contributed by atoms with Gasteiger partial charge in [-0.15, -0.1) is 0 Å². The fourth-order valence-corrected chi connectivity index (χ4v) is 2.02. The van der Waals surface area contributed by atoms with E-state index in [-0.39, 0.29) is 11.0 Å². The first kappa shape index (κ1) is 16.5. The van der Waals surface area contributed by atoms with Crippen LogP contribution in [-0.2, 0) is 10.2 Å². The zero-order valence-electron chi connectivity index (χ0n) is 12.0. The minimum Gasteiger partial charge on any atom is -0.481 e. The van der Waals surface area contributed by atoms with E-state index in [4.69, 9.17) is 5.11 Å². The maximum absolute atomic E-state index is 12.8. The van der Waals surface area contributed by atoms with Crippen molar-refractivity contribution in [2.75, 3.05) is 0 Å². The summed E-state index contributed by atoms with van der Waals surface area (Å²) in [7, 11) is 0. The molecule has 0 aliphatic carbocycles. The van der Waals surface area contributed by atoms with E-state index in [0.29, 0.717) is 0 Å². The maximum Gasteiger partial charge on any atom is 0.392 e. The summed E-state index contributed by atoms with van der Waals surface area (Å²) >= 11 is 0. The molecule has 0 saturated heterocycles. The van der Waals surface area contributed by atoms with Gasteiger partial charge in [0.05, 0.1) is 11.8 Å². The predicted molar refractivity (Wildman–Crippen MR) is 70.7 cm³/mol. The Labute approximate surface area is 116 Å². The first-order valence-electron chi connectivity index (χ1n) is 6.34. The van der Waals surface area contributed by atoms with E-state index in [1.807, 2.05) is 20.8 Å². The Morgan fingerprint density at radius 3 is 1.85 bits per heavy atom. The molecular weight excluding hydrogens is 269 g/mol. The van der Waals surface area contributed by atoms with Crippen LogP contribution in [0.25, 0.3) is 0 Å². The lowest BCUT2D eigenvalue weighted by Gasteiger charge is -2.24. The maximum atomic E-state index is 12.8. The first-order chi connectivity index (χ1) is 8.94. The monoisotopic (exact) mass is 288 g/mol. The lowest BCUT2D eigenvalue weighted by molar-refractivity contribution is -0.183. The number of benzene rings is 1. The largest absolute Gasteiger partial charge is 0.481 e. The Hall–Kier alpha value is -1.52. The van der Waals surface area contributed by atoms with Gasteiger partial charge in [0.15, 0.2) is 0 Å². The van der Waals surface area contributed by atoms with E-state index in [2.05, 4.69) is 0 Å². The van der Waals surface area contributed by atoms with Crippen LogP contribution in [0.15, 0.2) is 24.3 Å². The third kappa shape index (κ3) is 3.74. The van der Waals surface area contributed by atoms with E-state index in [1.54, 1.807) is 12.1 Å². The van der Waals surface area contributed by atoms with Crippen LogP contribution in [0.3, 0.4) is 0 Å². The van der Waals surface area contributed by atoms with Crippen molar-refractivity contribution in [2.24, 2.45) is 5.92 Å². The van der Waals surface area contributed by atoms with Crippen LogP contribution in [-0.4, -0.2) is 17.3 Å². The molecule has 0 spiro atoms. The van der Waals surface area contributed by atoms with Crippen LogP contribution in [0.5, 0.6) is 0 Å². The van der Waals surface area contributed by atoms with Crippen LogP contribution in [0.2, 0.25) is 0 Å². The molecule has 0 aliphatic rings. The smallest absolute Gasteiger partial charge is 0.392 e. The van der Waals surface area contributed by atoms with Crippen molar-refractivity contribution in [1.82, 2.24) is 0 Å². The van der Waals surface area contributed by atoms with Crippen molar-refractivity contribution in [3.05, 3.63) is 35.4 Å². The van der Waals surface area contributed by atoms with E-state index in [1.165, 1.54) is 12.1 Å². The average Bonchev–Trinajstić information content (AvgIpc) is 2.26. The number of alkyl halides is 3. The fraction of sp³-hybridized carbons (Fsp3) is 0.533. The molecule has 1 aromatic carbocycles. The summed E-state index contributed by atoms with van der Waals surface area (Å²) in [6.07, 6.45) is -4.54. The molecule has 0 aromatic heterocycles. The molecule has 0 unspecified atom stereocenters. The van der Waals surface area contributed by atoms with Crippen LogP contribution < -0.4 is 0 Å². The Balaban J connectivity index is 3.15. The highest BCUT2D eigenvalue weighted by Gasteiger charge is 2.45. The fourth-order valence-electron chi connectivity index (χ4n) is 2.02. The zero-order valence-corrected chi connectivity index (χ0v) is 12.0. The molecule has 0 bridgehead atoms. The summed E-state index contributed by atoms with van der Waals surface area (Å²) in [6, 6.07) is 6.33. The minimum absolute atomic E-state index is 0.132. The number of carbonyl (C=O) groups is 1. The van der Waals surface area contributed by atoms with E-state index < -0.39 is 24.0 Å². The van der Waals surface area contributed by atoms with Crippen molar-refractivity contribution < 1.29 is 23.1 Å². The molecule has 2 atom stereocenters. The van der Waals surface area contributed by atoms with Gasteiger partial charge in [-0.2, -0.15) is 13.2 Å². The van der Waals surface area contributed by atoms with Crippen LogP contribution in [0.1, 0.15) is 44.7 Å². The third-order valence-electron chi connectivity index (χ3n) is 3.42. The lowest BCUT2D eigenvalue weighted by atomic mass is 9.83. The van der Waals surface area contributed by atoms with Crippen LogP contribution >= 0.6 is 0 Å². The lowest BCUT2D eigenvalue weighted by Crippen LogP contribution is -2.31. The minimum atomic E-state index is -4.54. The summed E-state index contributed by atoms with van der Waals surface area (Å²) in [5, 5.41) is 9.09. The Kier molecular flexibility index (Phi) is 4.52. The second-order valence-electron chi connectivity index (χ2n) is 6.02. The molecule has 0 saturated carbocycles. The van der Waals surface area contributed by atoms with Crippen molar-refractivity contribution in [3.63, 3.8) is 0 Å². The Morgan fingerprint density at radius 2 is 1.55 bits per heavy atom. The van der Waals surface area contributed by atoms with Gasteiger partial charge < -0.3 is 5.11 Å². The van der Waals surface area contributed by atoms with Crippen molar-refractivity contribution in [1.29, 1.82) is 0 Å². The molecule has 112 valence electrons. The molecule has 5 heteroatoms. The highest BCUT2D eigenvalue weighted by atomic mass is 19.4. The van der Waals surface area contributed by atoms with Gasteiger partial charge in [-0.05, 0) is 16.5 Å². The topological polar surface area (TPSA) is 37.3 Å². The van der Waals surface area contributed by atoms with Crippen molar-refractivity contribution >= 4 is 5.97 Å². The molecule has 1 rings (SSSR count). The standard InChI is InChI=1S/C15H19F3O2/c1-9(15(16,17)18)12(13(19)20)10-5-7-11(8-6-10)14(2,3)4/h5-9,12H,1-4H3,(H,19,20)/t9-,12+/m1/s1. The number of carboxylic acid groups (broad SMARTS) is 1. The molecule has 1 aromatic rings. The predicted octanol–water partition coefficient (Wildman–Crippen LogP) is 4.35. The zero-order chi connectivity index (χ0) is 15.7. The summed E-state index contributed by atoms with van der Waals surface area (Å²) in [6.45, 7) is 6.84. The third-order valence-corrected chi connectivity index (χ3v) is 3.42. The van der Waals surface area contributed by atoms with Crippen molar-refractivity contribution in [2.45, 2.75) is 45.2 Å². The Morgan fingerprint density at radius 1 is 1.10 bits per heavy atom. The molecule has 0 heterocycles. The quantitative estimate of drug-likeness (QED) is 0.897. The molecule has 20 heavy (non-hydrogen) atoms. The number of hydrogen-bond acceptors (Lipinski definition) is 1. The SMILES string of the molecule is C[C@H]([C@H](C(=O)O)c1ccc(C(C)(C)C)cc1)C(F)(F)F. The molecule has 0 aliphatic heterocycles. The van der Waals surface area contributed by atoms with Gasteiger partial charge in [0.2, 0.25) is 0 Å². The second kappa shape index (κ2) is 5.46. The van der Waals surface area contributed by atoms with Gasteiger partial charge in [0.25, 0.3) is 0 Å². The van der Waals surface area contributed by atoms with Gasteiger partial charge in [-0.1, -0.05) is 52.0 Å². The average molecular weight is 288 g/mol. The molecule has 1 N–H and O–H groups in total. The number of hydrogen-bond donors (Lipinski definition) is 1. The molecule has 0 amide bonds. The van der Waals surface area contributed by atoms with Gasteiger partial charge in [-0.3, -0.25) is 4.79 Å². The summed E-state index contributed by atoms with van der Waals surface area (Å²) < 4.78 is 38.3. The number of rotatable bonds is 3. The van der Waals surface area contributed by atoms with Gasteiger partial charge in [0, 0.05) is 0 Å². The van der Waals surface area contributed by atoms with Gasteiger partial charge >= 0.3 is 12.1 Å². The highest BCUT2D eigenvalue weighted by Crippen LogP contribution is 2.38. The molecule has 0 radical (unpaired) electrons. The van der Waals surface area contributed by atoms with Crippen LogP contribution in [0, 0.1) is 5.92 Å². The summed E-state index contributed by atoms with van der Waals surface area (Å²) in [5.74, 6) is -4.97. The number of carboxylic acids is 1. The van der Waals surface area contributed by atoms with Gasteiger partial charge in [0.1, 0.15) is 0 Å². The molecule has 2 nitrogen and oxygen atoms in total. The van der Waals surface area contributed by atoms with Crippen molar-refractivity contribution in [3.8, 4) is 0 Å². The number of aliphatic carboxylic acids is 1. The summed E-state index contributed by atoms with van der Waals surface area (Å²) in [5.41, 5.74) is 0.993. The van der Waals surface area contributed by atoms with Crippen LogP contribution in [0.4, 0.5) is 13.2 Å². The van der Waals surface area contributed by atoms with E-state index >= 15 is 0 Å². The molecule has 0 fully saturated rings. The van der Waals surface area contributed by atoms with Gasteiger partial charge in [-0.25, -0.2) is 0 Å². The summed E-state index contributed by atoms with van der Waals surface area (Å²) in [4.78, 5) is 11.2. The normalized spacial score (nSPS) is 15.8. The highest BCUT2D eigenvalue weighted by molar-refractivity contribution is 5.76. The second-order valence-corrected chi connectivity index (χ2v) is 6.02. The number of halogens is 3. The van der Waals surface area contributed by atoms with E-state index in [9.17, 15) is 18.0 Å². The van der Waals surface area contributed by atoms with E-state index in [0.717, 1.165) is 12.5 Å². The molecular formula is C15H19F3O2. The first-order valence-corrected chi connectivity index (χ1v) is 6.34. The Bertz CT molecular complexity index is 469.